The van der Waals surface area contributed by atoms with Crippen LogP contribution in [0.2, 0.25) is 0 Å². The van der Waals surface area contributed by atoms with Crippen molar-refractivity contribution in [1.82, 2.24) is 5.32 Å². The Morgan fingerprint density at radius 2 is 2.13 bits per heavy atom. The molecule has 0 aromatic carbocycles. The highest BCUT2D eigenvalue weighted by Gasteiger charge is 2.34. The molecule has 2 atom stereocenters. The molecule has 5 heteroatoms. The number of carbonyl (C=O) groups excluding carboxylic acids is 1. The molecule has 1 aliphatic carbocycles. The maximum Gasteiger partial charge on any atom is 0.286 e. The summed E-state index contributed by atoms with van der Waals surface area (Å²) in [5.74, 6) is 0.518. The van der Waals surface area contributed by atoms with E-state index in [4.69, 9.17) is 14.6 Å². The number of nitrogens with one attached hydrogen (secondary N) is 1. The standard InChI is InChI=1S/C18H31NO4/c1-18(2,3)13-11-15(17(21)19-14-7-6-8-14)23-16(12-13)22-10-5-4-9-20/h11,13-14,16,20H,4-10,12H2,1-3H3,(H,19,21)/t13-,16+/m0/s1. The van der Waals surface area contributed by atoms with Crippen LogP contribution in [0.25, 0.3) is 0 Å². The van der Waals surface area contributed by atoms with Crippen molar-refractivity contribution in [1.29, 1.82) is 0 Å². The van der Waals surface area contributed by atoms with Gasteiger partial charge in [0, 0.05) is 19.1 Å². The highest BCUT2D eigenvalue weighted by Crippen LogP contribution is 2.36. The van der Waals surface area contributed by atoms with Gasteiger partial charge in [-0.2, -0.15) is 0 Å². The molecule has 0 radical (unpaired) electrons. The lowest BCUT2D eigenvalue weighted by Crippen LogP contribution is -2.43. The summed E-state index contributed by atoms with van der Waals surface area (Å²) in [5, 5.41) is 11.9. The van der Waals surface area contributed by atoms with Gasteiger partial charge in [0.25, 0.3) is 5.91 Å². The number of ether oxygens (including phenoxy) is 2. The first-order valence-electron chi connectivity index (χ1n) is 8.82. The number of unbranched alkanes of at least 4 members (excludes halogenated alkanes) is 1. The molecular formula is C18H31NO4. The summed E-state index contributed by atoms with van der Waals surface area (Å²) in [6.07, 6.45) is 7.15. The second kappa shape index (κ2) is 8.15. The van der Waals surface area contributed by atoms with Crippen LogP contribution in [0.3, 0.4) is 0 Å². The van der Waals surface area contributed by atoms with E-state index in [9.17, 15) is 4.79 Å². The van der Waals surface area contributed by atoms with Gasteiger partial charge < -0.3 is 19.9 Å². The smallest absolute Gasteiger partial charge is 0.286 e. The van der Waals surface area contributed by atoms with Crippen molar-refractivity contribution in [2.45, 2.75) is 71.6 Å². The maximum absolute atomic E-state index is 12.4. The molecule has 1 heterocycles. The highest BCUT2D eigenvalue weighted by molar-refractivity contribution is 5.91. The molecule has 0 spiro atoms. The van der Waals surface area contributed by atoms with Crippen molar-refractivity contribution in [3.05, 3.63) is 11.8 Å². The van der Waals surface area contributed by atoms with Crippen molar-refractivity contribution in [2.24, 2.45) is 11.3 Å². The molecule has 2 aliphatic rings. The predicted molar refractivity (Wildman–Crippen MR) is 88.6 cm³/mol. The van der Waals surface area contributed by atoms with Gasteiger partial charge in [-0.1, -0.05) is 20.8 Å². The fourth-order valence-electron chi connectivity index (χ4n) is 2.76. The minimum atomic E-state index is -0.384. The molecular weight excluding hydrogens is 294 g/mol. The van der Waals surface area contributed by atoms with Gasteiger partial charge in [-0.25, -0.2) is 0 Å². The van der Waals surface area contributed by atoms with Gasteiger partial charge in [0.1, 0.15) is 0 Å². The van der Waals surface area contributed by atoms with Gasteiger partial charge in [-0.15, -0.1) is 0 Å². The molecule has 0 bridgehead atoms. The summed E-state index contributed by atoms with van der Waals surface area (Å²) < 4.78 is 11.6. The molecule has 1 amide bonds. The molecule has 2 N–H and O–H groups in total. The van der Waals surface area contributed by atoms with Crippen molar-refractivity contribution in [3.63, 3.8) is 0 Å². The lowest BCUT2D eigenvalue weighted by atomic mass is 9.77. The van der Waals surface area contributed by atoms with Crippen molar-refractivity contribution in [2.75, 3.05) is 13.2 Å². The van der Waals surface area contributed by atoms with Gasteiger partial charge >= 0.3 is 0 Å². The quantitative estimate of drug-likeness (QED) is 0.706. The molecule has 1 fully saturated rings. The molecule has 0 aromatic rings. The summed E-state index contributed by atoms with van der Waals surface area (Å²) in [5.41, 5.74) is 0.0541. The second-order valence-corrected chi connectivity index (χ2v) is 7.69. The van der Waals surface area contributed by atoms with E-state index in [1.807, 2.05) is 6.08 Å². The number of aliphatic hydroxyl groups is 1. The SMILES string of the molecule is CC(C)(C)[C@H]1C=C(C(=O)NC2CCC2)O[C@@H](OCCCCO)C1. The van der Waals surface area contributed by atoms with Crippen LogP contribution in [0.1, 0.15) is 59.3 Å². The third-order valence-corrected chi connectivity index (χ3v) is 4.69. The molecule has 23 heavy (non-hydrogen) atoms. The monoisotopic (exact) mass is 325 g/mol. The van der Waals surface area contributed by atoms with E-state index in [1.54, 1.807) is 0 Å². The molecule has 5 nitrogen and oxygen atoms in total. The van der Waals surface area contributed by atoms with Crippen LogP contribution < -0.4 is 5.32 Å². The normalized spacial score (nSPS) is 25.3. The Morgan fingerprint density at radius 1 is 1.39 bits per heavy atom. The summed E-state index contributed by atoms with van der Waals surface area (Å²) >= 11 is 0. The highest BCUT2D eigenvalue weighted by atomic mass is 16.7. The van der Waals surface area contributed by atoms with E-state index >= 15 is 0 Å². The Labute approximate surface area is 139 Å². The molecule has 0 saturated heterocycles. The first kappa shape index (κ1) is 18.3. The van der Waals surface area contributed by atoms with Crippen LogP contribution in [-0.2, 0) is 14.3 Å². The molecule has 2 rings (SSSR count). The third-order valence-electron chi connectivity index (χ3n) is 4.69. The number of allylic oxidation sites excluding steroid dienone is 1. The molecule has 0 aromatic heterocycles. The Bertz CT molecular complexity index is 423. The van der Waals surface area contributed by atoms with Gasteiger partial charge in [0.2, 0.25) is 6.29 Å². The van der Waals surface area contributed by atoms with Gasteiger partial charge in [0.15, 0.2) is 5.76 Å². The Balaban J connectivity index is 1.96. The number of hydrogen-bond donors (Lipinski definition) is 2. The topological polar surface area (TPSA) is 67.8 Å². The van der Waals surface area contributed by atoms with Crippen molar-refractivity contribution < 1.29 is 19.4 Å². The van der Waals surface area contributed by atoms with Gasteiger partial charge in [-0.3, -0.25) is 4.79 Å². The number of aliphatic hydroxyl groups excluding tert-OH is 1. The van der Waals surface area contributed by atoms with Crippen molar-refractivity contribution >= 4 is 5.91 Å². The minimum absolute atomic E-state index is 0.0541. The predicted octanol–water partition coefficient (Wildman–Crippen LogP) is 2.74. The first-order chi connectivity index (χ1) is 10.9. The van der Waals surface area contributed by atoms with E-state index in [0.717, 1.165) is 32.1 Å². The number of carbonyl (C=O) groups is 1. The molecule has 1 aliphatic heterocycles. The maximum atomic E-state index is 12.4. The fourth-order valence-corrected chi connectivity index (χ4v) is 2.76. The van der Waals surface area contributed by atoms with E-state index < -0.39 is 0 Å². The van der Waals surface area contributed by atoms with Crippen LogP contribution in [0, 0.1) is 11.3 Å². The summed E-state index contributed by atoms with van der Waals surface area (Å²) in [7, 11) is 0. The van der Waals surface area contributed by atoms with Crippen molar-refractivity contribution in [3.8, 4) is 0 Å². The van der Waals surface area contributed by atoms with Crippen LogP contribution >= 0.6 is 0 Å². The summed E-state index contributed by atoms with van der Waals surface area (Å²) in [6.45, 7) is 7.23. The number of rotatable bonds is 7. The summed E-state index contributed by atoms with van der Waals surface area (Å²) in [6, 6.07) is 0.297. The van der Waals surface area contributed by atoms with E-state index in [0.29, 0.717) is 18.4 Å². The fraction of sp³-hybridized carbons (Fsp3) is 0.833. The minimum Gasteiger partial charge on any atom is -0.459 e. The zero-order chi connectivity index (χ0) is 16.9. The Hall–Kier alpha value is -1.07. The molecule has 132 valence electrons. The Morgan fingerprint density at radius 3 is 2.70 bits per heavy atom. The zero-order valence-electron chi connectivity index (χ0n) is 14.6. The first-order valence-corrected chi connectivity index (χ1v) is 8.82. The largest absolute Gasteiger partial charge is 0.459 e. The number of hydrogen-bond acceptors (Lipinski definition) is 4. The van der Waals surface area contributed by atoms with Crippen LogP contribution in [0.5, 0.6) is 0 Å². The summed E-state index contributed by atoms with van der Waals surface area (Å²) in [4.78, 5) is 12.4. The second-order valence-electron chi connectivity index (χ2n) is 7.69. The average Bonchev–Trinajstić information content (AvgIpc) is 2.46. The lowest BCUT2D eigenvalue weighted by Gasteiger charge is -2.36. The Kier molecular flexibility index (Phi) is 6.48. The van der Waals surface area contributed by atoms with Crippen LogP contribution in [0.4, 0.5) is 0 Å². The molecule has 0 unspecified atom stereocenters. The molecule has 1 saturated carbocycles. The van der Waals surface area contributed by atoms with E-state index in [1.165, 1.54) is 6.42 Å². The van der Waals surface area contributed by atoms with Crippen LogP contribution in [0.15, 0.2) is 11.8 Å². The van der Waals surface area contributed by atoms with E-state index in [-0.39, 0.29) is 30.1 Å². The van der Waals surface area contributed by atoms with Crippen LogP contribution in [-0.4, -0.2) is 36.6 Å². The lowest BCUT2D eigenvalue weighted by molar-refractivity contribution is -0.153. The average molecular weight is 325 g/mol. The number of amides is 1. The van der Waals surface area contributed by atoms with E-state index in [2.05, 4.69) is 26.1 Å². The van der Waals surface area contributed by atoms with Gasteiger partial charge in [0.05, 0.1) is 6.61 Å². The third kappa shape index (κ3) is 5.50. The van der Waals surface area contributed by atoms with Gasteiger partial charge in [-0.05, 0) is 49.5 Å². The zero-order valence-corrected chi connectivity index (χ0v) is 14.6.